The molecule has 0 atom stereocenters. The van der Waals surface area contributed by atoms with E-state index in [1.165, 1.54) is 26.4 Å². The molecule has 0 spiro atoms. The number of pyridine rings is 1. The minimum atomic E-state index is -0.419. The zero-order chi connectivity index (χ0) is 19.4. The highest BCUT2D eigenvalue weighted by Gasteiger charge is 2.11. The summed E-state index contributed by atoms with van der Waals surface area (Å²) in [4.78, 5) is 27.1. The maximum absolute atomic E-state index is 13.3. The summed E-state index contributed by atoms with van der Waals surface area (Å²) in [5.74, 6) is 0.414. The van der Waals surface area contributed by atoms with E-state index in [-0.39, 0.29) is 24.3 Å². The van der Waals surface area contributed by atoms with Crippen molar-refractivity contribution in [3.8, 4) is 11.5 Å². The molecule has 2 aromatic carbocycles. The molecule has 6 nitrogen and oxygen atoms in total. The van der Waals surface area contributed by atoms with Crippen LogP contribution in [0.3, 0.4) is 0 Å². The second-order valence-electron chi connectivity index (χ2n) is 5.97. The molecule has 0 radical (unpaired) electrons. The van der Waals surface area contributed by atoms with Crippen LogP contribution in [-0.2, 0) is 11.2 Å². The number of anilines is 1. The number of benzene rings is 2. The molecule has 27 heavy (non-hydrogen) atoms. The number of methoxy groups -OCH3 is 2. The van der Waals surface area contributed by atoms with Crippen LogP contribution in [-0.4, -0.2) is 25.1 Å². The number of carbonyl (C=O) groups is 1. The van der Waals surface area contributed by atoms with Crippen molar-refractivity contribution in [2.45, 2.75) is 12.8 Å². The summed E-state index contributed by atoms with van der Waals surface area (Å²) in [6, 6.07) is 10.9. The number of carbonyl (C=O) groups excluding carboxylic acids is 1. The summed E-state index contributed by atoms with van der Waals surface area (Å²) < 4.78 is 23.6. The fraction of sp³-hybridized carbons (Fsp3) is 0.200. The van der Waals surface area contributed by atoms with Gasteiger partial charge in [-0.1, -0.05) is 0 Å². The first-order chi connectivity index (χ1) is 13.0. The molecule has 0 fully saturated rings. The average Bonchev–Trinajstić information content (AvgIpc) is 2.66. The summed E-state index contributed by atoms with van der Waals surface area (Å²) in [6.45, 7) is 0. The fourth-order valence-corrected chi connectivity index (χ4v) is 2.78. The Morgan fingerprint density at radius 3 is 2.67 bits per heavy atom. The van der Waals surface area contributed by atoms with Crippen molar-refractivity contribution in [2.75, 3.05) is 19.5 Å². The maximum Gasteiger partial charge on any atom is 0.251 e. The van der Waals surface area contributed by atoms with Gasteiger partial charge in [-0.3, -0.25) is 9.59 Å². The standard InChI is InChI=1S/C20H19FN2O4/c1-26-15-6-7-18(27-2)17(11-15)22-19(24)8-4-13-9-12-3-5-14(21)10-16(12)23-20(13)25/h3,5-7,9-11H,4,8H2,1-2H3,(H,22,24)(H,23,25). The molecular weight excluding hydrogens is 351 g/mol. The number of H-pyrrole nitrogens is 1. The second-order valence-corrected chi connectivity index (χ2v) is 5.97. The van der Waals surface area contributed by atoms with Crippen LogP contribution in [0.15, 0.2) is 47.3 Å². The molecule has 1 amide bonds. The number of nitrogens with one attached hydrogen (secondary N) is 2. The Bertz CT molecular complexity index is 1050. The summed E-state index contributed by atoms with van der Waals surface area (Å²) in [6.07, 6.45) is 0.358. The van der Waals surface area contributed by atoms with E-state index in [2.05, 4.69) is 10.3 Å². The van der Waals surface area contributed by atoms with Crippen LogP contribution in [0.1, 0.15) is 12.0 Å². The Kier molecular flexibility index (Phi) is 5.40. The van der Waals surface area contributed by atoms with Gasteiger partial charge in [-0.2, -0.15) is 0 Å². The van der Waals surface area contributed by atoms with Gasteiger partial charge in [0.25, 0.3) is 5.56 Å². The number of hydrogen-bond donors (Lipinski definition) is 2. The largest absolute Gasteiger partial charge is 0.497 e. The summed E-state index contributed by atoms with van der Waals surface area (Å²) in [7, 11) is 3.04. The number of amides is 1. The molecule has 0 bridgehead atoms. The van der Waals surface area contributed by atoms with Gasteiger partial charge in [0.05, 0.1) is 25.4 Å². The lowest BCUT2D eigenvalue weighted by atomic mass is 10.1. The van der Waals surface area contributed by atoms with Gasteiger partial charge in [0.15, 0.2) is 0 Å². The maximum atomic E-state index is 13.3. The van der Waals surface area contributed by atoms with Gasteiger partial charge < -0.3 is 19.8 Å². The Labute approximate surface area is 154 Å². The van der Waals surface area contributed by atoms with E-state index in [0.29, 0.717) is 33.7 Å². The van der Waals surface area contributed by atoms with Crippen molar-refractivity contribution >= 4 is 22.5 Å². The lowest BCUT2D eigenvalue weighted by Gasteiger charge is -2.11. The molecule has 1 heterocycles. The van der Waals surface area contributed by atoms with E-state index in [1.807, 2.05) is 0 Å². The van der Waals surface area contributed by atoms with Crippen LogP contribution in [0.4, 0.5) is 10.1 Å². The van der Waals surface area contributed by atoms with E-state index in [9.17, 15) is 14.0 Å². The smallest absolute Gasteiger partial charge is 0.251 e. The van der Waals surface area contributed by atoms with E-state index in [0.717, 1.165) is 0 Å². The van der Waals surface area contributed by atoms with Gasteiger partial charge in [0.2, 0.25) is 5.91 Å². The van der Waals surface area contributed by atoms with Gasteiger partial charge in [-0.15, -0.1) is 0 Å². The highest BCUT2D eigenvalue weighted by atomic mass is 19.1. The van der Waals surface area contributed by atoms with Crippen molar-refractivity contribution in [1.82, 2.24) is 4.98 Å². The third kappa shape index (κ3) is 4.25. The van der Waals surface area contributed by atoms with Crippen molar-refractivity contribution in [1.29, 1.82) is 0 Å². The number of rotatable bonds is 6. The third-order valence-electron chi connectivity index (χ3n) is 4.19. The van der Waals surface area contributed by atoms with E-state index >= 15 is 0 Å². The van der Waals surface area contributed by atoms with Crippen molar-refractivity contribution in [3.05, 3.63) is 64.2 Å². The fourth-order valence-electron chi connectivity index (χ4n) is 2.78. The molecule has 0 saturated heterocycles. The van der Waals surface area contributed by atoms with E-state index in [1.54, 1.807) is 30.3 Å². The Balaban J connectivity index is 1.73. The normalized spacial score (nSPS) is 10.6. The zero-order valence-corrected chi connectivity index (χ0v) is 15.0. The highest BCUT2D eigenvalue weighted by Crippen LogP contribution is 2.29. The van der Waals surface area contributed by atoms with Crippen LogP contribution in [0.2, 0.25) is 0 Å². The number of aromatic amines is 1. The molecule has 0 unspecified atom stereocenters. The van der Waals surface area contributed by atoms with Crippen LogP contribution in [0.5, 0.6) is 11.5 Å². The topological polar surface area (TPSA) is 80.4 Å². The number of aryl methyl sites for hydroxylation is 1. The molecule has 0 aliphatic heterocycles. The van der Waals surface area contributed by atoms with Crippen LogP contribution in [0, 0.1) is 5.82 Å². The van der Waals surface area contributed by atoms with Gasteiger partial charge in [-0.05, 0) is 48.2 Å². The van der Waals surface area contributed by atoms with Crippen molar-refractivity contribution < 1.29 is 18.7 Å². The summed E-state index contributed by atoms with van der Waals surface area (Å²) in [5, 5.41) is 3.47. The molecule has 0 aliphatic carbocycles. The quantitative estimate of drug-likeness (QED) is 0.698. The lowest BCUT2D eigenvalue weighted by Crippen LogP contribution is -2.17. The van der Waals surface area contributed by atoms with Gasteiger partial charge in [0, 0.05) is 18.1 Å². The minimum Gasteiger partial charge on any atom is -0.497 e. The molecule has 1 aromatic heterocycles. The Hall–Kier alpha value is -3.35. The first-order valence-corrected chi connectivity index (χ1v) is 8.33. The predicted octanol–water partition coefficient (Wildman–Crippen LogP) is 3.26. The SMILES string of the molecule is COc1ccc(OC)c(NC(=O)CCc2cc3ccc(F)cc3[nH]c2=O)c1. The van der Waals surface area contributed by atoms with Crippen LogP contribution >= 0.6 is 0 Å². The van der Waals surface area contributed by atoms with Crippen molar-refractivity contribution in [3.63, 3.8) is 0 Å². The number of fused-ring (bicyclic) bond motifs is 1. The van der Waals surface area contributed by atoms with Gasteiger partial charge >= 0.3 is 0 Å². The molecule has 2 N–H and O–H groups in total. The van der Waals surface area contributed by atoms with Crippen LogP contribution < -0.4 is 20.3 Å². The van der Waals surface area contributed by atoms with Crippen LogP contribution in [0.25, 0.3) is 10.9 Å². The molecule has 0 aliphatic rings. The molecular formula is C20H19FN2O4. The summed E-state index contributed by atoms with van der Waals surface area (Å²) in [5.41, 5.74) is 1.04. The van der Waals surface area contributed by atoms with E-state index in [4.69, 9.17) is 9.47 Å². The molecule has 3 aromatic rings. The Morgan fingerprint density at radius 2 is 1.93 bits per heavy atom. The summed E-state index contributed by atoms with van der Waals surface area (Å²) >= 11 is 0. The first-order valence-electron chi connectivity index (χ1n) is 8.33. The number of aromatic nitrogens is 1. The first kappa shape index (κ1) is 18.4. The predicted molar refractivity (Wildman–Crippen MR) is 101 cm³/mol. The molecule has 0 saturated carbocycles. The molecule has 3 rings (SSSR count). The molecule has 140 valence electrons. The second kappa shape index (κ2) is 7.90. The Morgan fingerprint density at radius 1 is 1.11 bits per heavy atom. The average molecular weight is 370 g/mol. The number of halogens is 1. The number of hydrogen-bond acceptors (Lipinski definition) is 4. The lowest BCUT2D eigenvalue weighted by molar-refractivity contribution is -0.116. The monoisotopic (exact) mass is 370 g/mol. The van der Waals surface area contributed by atoms with Gasteiger partial charge in [-0.25, -0.2) is 4.39 Å². The zero-order valence-electron chi connectivity index (χ0n) is 15.0. The van der Waals surface area contributed by atoms with Crippen molar-refractivity contribution in [2.24, 2.45) is 0 Å². The third-order valence-corrected chi connectivity index (χ3v) is 4.19. The number of ether oxygens (including phenoxy) is 2. The highest BCUT2D eigenvalue weighted by molar-refractivity contribution is 5.92. The molecule has 7 heteroatoms. The van der Waals surface area contributed by atoms with E-state index < -0.39 is 5.82 Å². The minimum absolute atomic E-state index is 0.107. The van der Waals surface area contributed by atoms with Gasteiger partial charge in [0.1, 0.15) is 17.3 Å².